The first-order valence-corrected chi connectivity index (χ1v) is 14.3. The van der Waals surface area contributed by atoms with Gasteiger partial charge in [-0.1, -0.05) is 64.1 Å². The third kappa shape index (κ3) is 11.1. The summed E-state index contributed by atoms with van der Waals surface area (Å²) >= 11 is 0. The highest BCUT2D eigenvalue weighted by Crippen LogP contribution is 2.23. The smallest absolute Gasteiger partial charge is 0.255 e. The van der Waals surface area contributed by atoms with E-state index in [0.717, 1.165) is 41.9 Å². The summed E-state index contributed by atoms with van der Waals surface area (Å²) in [6, 6.07) is 14.1. The van der Waals surface area contributed by atoms with Crippen molar-refractivity contribution in [1.82, 2.24) is 10.6 Å². The van der Waals surface area contributed by atoms with Gasteiger partial charge in [-0.25, -0.2) is 0 Å². The molecule has 1 unspecified atom stereocenters. The number of hydrogen-bond donors (Lipinski definition) is 3. The fraction of sp³-hybridized carbons (Fsp3) is 0.412. The van der Waals surface area contributed by atoms with Gasteiger partial charge in [0.2, 0.25) is 0 Å². The van der Waals surface area contributed by atoms with Crippen molar-refractivity contribution in [3.8, 4) is 0 Å². The monoisotopic (exact) mass is 534 g/mol. The molecule has 0 heterocycles. The molecule has 39 heavy (non-hydrogen) atoms. The van der Waals surface area contributed by atoms with Crippen LogP contribution >= 0.6 is 0 Å². The zero-order chi connectivity index (χ0) is 29.4. The summed E-state index contributed by atoms with van der Waals surface area (Å²) < 4.78 is 0. The highest BCUT2D eigenvalue weighted by atomic mass is 16.1. The zero-order valence-electron chi connectivity index (χ0n) is 25.6. The van der Waals surface area contributed by atoms with Gasteiger partial charge >= 0.3 is 0 Å². The number of carbonyl (C=O) groups excluding carboxylic acids is 1. The predicted octanol–water partition coefficient (Wildman–Crippen LogP) is 8.67. The number of allylic oxidation sites excluding steroid dienone is 3. The number of carbonyl (C=O) groups is 1. The van der Waals surface area contributed by atoms with Gasteiger partial charge in [-0.2, -0.15) is 0 Å². The molecule has 0 saturated heterocycles. The third-order valence-electron chi connectivity index (χ3n) is 6.08. The van der Waals surface area contributed by atoms with Crippen LogP contribution in [0.2, 0.25) is 0 Å². The average molecular weight is 535 g/mol. The fourth-order valence-corrected chi connectivity index (χ4v) is 4.07. The summed E-state index contributed by atoms with van der Waals surface area (Å²) in [5, 5.41) is 9.79. The van der Waals surface area contributed by atoms with E-state index in [-0.39, 0.29) is 20.8 Å². The molecule has 1 aliphatic carbocycles. The van der Waals surface area contributed by atoms with Gasteiger partial charge in [0.05, 0.1) is 5.70 Å². The predicted molar refractivity (Wildman–Crippen MR) is 175 cm³/mol. The Morgan fingerprint density at radius 3 is 2.49 bits per heavy atom. The number of hydrogen-bond acceptors (Lipinski definition) is 4. The maximum Gasteiger partial charge on any atom is 0.255 e. The van der Waals surface area contributed by atoms with Crippen molar-refractivity contribution in [2.45, 2.75) is 87.2 Å². The van der Waals surface area contributed by atoms with Crippen LogP contribution in [0.5, 0.6) is 0 Å². The molecule has 0 saturated carbocycles. The molecule has 2 atom stereocenters. The lowest BCUT2D eigenvalue weighted by Gasteiger charge is -2.19. The molecule has 0 fully saturated rings. The van der Waals surface area contributed by atoms with E-state index in [2.05, 4.69) is 66.5 Å². The van der Waals surface area contributed by atoms with Crippen LogP contribution in [0.25, 0.3) is 0 Å². The maximum atomic E-state index is 12.9. The van der Waals surface area contributed by atoms with E-state index < -0.39 is 0 Å². The Morgan fingerprint density at radius 2 is 1.82 bits per heavy atom. The molecule has 1 aliphatic rings. The van der Waals surface area contributed by atoms with Crippen LogP contribution in [-0.2, 0) is 12.8 Å². The largest absolute Gasteiger partial charge is 0.389 e. The van der Waals surface area contributed by atoms with E-state index in [1.54, 1.807) is 0 Å². The van der Waals surface area contributed by atoms with Crippen molar-refractivity contribution >= 4 is 17.8 Å². The summed E-state index contributed by atoms with van der Waals surface area (Å²) in [5.74, 6) is -0.0860. The fourth-order valence-electron chi connectivity index (χ4n) is 4.07. The highest BCUT2D eigenvalue weighted by molar-refractivity contribution is 6.04. The number of aliphatic imine (C=N–C) groups is 1. The molecule has 5 nitrogen and oxygen atoms in total. The first-order chi connectivity index (χ1) is 18.8. The number of fused-ring (bicyclic) bond motifs is 1. The molecule has 0 bridgehead atoms. The second-order valence-corrected chi connectivity index (χ2v) is 9.32. The Kier molecular flexibility index (Phi) is 15.5. The van der Waals surface area contributed by atoms with Gasteiger partial charge in [-0.3, -0.25) is 9.79 Å². The Labute approximate surface area is 240 Å². The summed E-state index contributed by atoms with van der Waals surface area (Å²) in [6.07, 6.45) is 7.88. The number of nitrogens with zero attached hydrogens (tertiary/aromatic N) is 1. The van der Waals surface area contributed by atoms with Crippen LogP contribution in [0.4, 0.5) is 5.69 Å². The second kappa shape index (κ2) is 18.0. The number of amides is 1. The van der Waals surface area contributed by atoms with Crippen molar-refractivity contribution in [2.24, 2.45) is 4.99 Å². The van der Waals surface area contributed by atoms with E-state index >= 15 is 0 Å². The quantitative estimate of drug-likeness (QED) is 0.162. The first-order valence-electron chi connectivity index (χ1n) is 14.3. The van der Waals surface area contributed by atoms with Crippen LogP contribution in [0.1, 0.15) is 98.3 Å². The van der Waals surface area contributed by atoms with Gasteiger partial charge in [0.1, 0.15) is 0 Å². The normalized spacial score (nSPS) is 14.0. The van der Waals surface area contributed by atoms with Crippen LogP contribution in [0.15, 0.2) is 83.2 Å². The van der Waals surface area contributed by atoms with Gasteiger partial charge < -0.3 is 16.0 Å². The number of nitrogens with one attached hydrogen (secondary N) is 3. The lowest BCUT2D eigenvalue weighted by Crippen LogP contribution is -2.30. The summed E-state index contributed by atoms with van der Waals surface area (Å²) in [4.78, 5) is 17.5. The summed E-state index contributed by atoms with van der Waals surface area (Å²) in [6.45, 7) is 23.2. The topological polar surface area (TPSA) is 65.5 Å². The van der Waals surface area contributed by atoms with Crippen molar-refractivity contribution in [3.05, 3.63) is 100 Å². The van der Waals surface area contributed by atoms with E-state index in [1.165, 1.54) is 16.7 Å². The molecular formula is C34H54N4O. The Bertz CT molecular complexity index is 1170. The van der Waals surface area contributed by atoms with Crippen LogP contribution in [-0.4, -0.2) is 24.7 Å². The molecular weight excluding hydrogens is 480 g/mol. The molecule has 216 valence electrons. The van der Waals surface area contributed by atoms with Gasteiger partial charge in [0.15, 0.2) is 0 Å². The van der Waals surface area contributed by atoms with Crippen LogP contribution < -0.4 is 16.0 Å². The van der Waals surface area contributed by atoms with E-state index in [0.29, 0.717) is 5.56 Å². The van der Waals surface area contributed by atoms with Gasteiger partial charge in [0, 0.05) is 45.1 Å². The van der Waals surface area contributed by atoms with E-state index in [1.807, 2.05) is 84.3 Å². The summed E-state index contributed by atoms with van der Waals surface area (Å²) in [7, 11) is 0. The van der Waals surface area contributed by atoms with Gasteiger partial charge in [-0.15, -0.1) is 0 Å². The molecule has 5 heteroatoms. The molecule has 1 amide bonds. The first kappa shape index (κ1) is 33.6. The van der Waals surface area contributed by atoms with Crippen molar-refractivity contribution in [2.75, 3.05) is 11.9 Å². The number of anilines is 1. The van der Waals surface area contributed by atoms with E-state index in [9.17, 15) is 4.79 Å². The SMILES string of the molecule is C=C(C)/C(=C\NCC)N=CC(C)N[C@@H](C)c1cccc(NC(=O)c2ccc3c(c2)CC=C(C)C3)c1.CC.CC.[HH].[HH]. The van der Waals surface area contributed by atoms with Gasteiger partial charge in [-0.05, 0) is 94.0 Å². The number of benzene rings is 2. The zero-order valence-corrected chi connectivity index (χ0v) is 25.6. The van der Waals surface area contributed by atoms with Gasteiger partial charge in [0.25, 0.3) is 5.91 Å². The Morgan fingerprint density at radius 1 is 1.10 bits per heavy atom. The lowest BCUT2D eigenvalue weighted by atomic mass is 9.91. The van der Waals surface area contributed by atoms with Crippen molar-refractivity contribution in [3.63, 3.8) is 0 Å². The highest BCUT2D eigenvalue weighted by Gasteiger charge is 2.14. The van der Waals surface area contributed by atoms with Crippen molar-refractivity contribution < 1.29 is 7.65 Å². The Balaban J connectivity index is 0. The van der Waals surface area contributed by atoms with Crippen LogP contribution in [0.3, 0.4) is 0 Å². The molecule has 0 aromatic heterocycles. The Hall–Kier alpha value is -3.44. The molecule has 0 spiro atoms. The lowest BCUT2D eigenvalue weighted by molar-refractivity contribution is 0.102. The maximum absolute atomic E-state index is 12.9. The molecule has 2 aromatic carbocycles. The molecule has 3 rings (SSSR count). The van der Waals surface area contributed by atoms with Crippen LogP contribution in [0, 0.1) is 0 Å². The standard InChI is InChI=1S/C30H38N4O.2C2H6.2H2/c1-7-31-19-29(20(2)3)32-18-22(5)33-23(6)24-9-8-10-28(17-24)34-30(35)27-14-13-25-15-21(4)11-12-26(25)16-27;2*1-2;;/h8-11,13-14,16-19,22-23,31,33H,2,7,12,15H2,1,3-6H3,(H,34,35);2*1-2H3;2*1H/b29-19+,32-18?;;;;/t22?,23-;;;;/m0..../s1. The second-order valence-electron chi connectivity index (χ2n) is 9.32. The molecule has 0 aliphatic heterocycles. The minimum absolute atomic E-state index is 0. The minimum atomic E-state index is -0.0860. The van der Waals surface area contributed by atoms with E-state index in [4.69, 9.17) is 0 Å². The molecule has 2 aromatic rings. The third-order valence-corrected chi connectivity index (χ3v) is 6.08. The van der Waals surface area contributed by atoms with Crippen molar-refractivity contribution in [1.29, 1.82) is 0 Å². The average Bonchev–Trinajstić information content (AvgIpc) is 2.94. The number of rotatable bonds is 10. The molecule has 3 N–H and O–H groups in total. The molecule has 0 radical (unpaired) electrons. The minimum Gasteiger partial charge on any atom is -0.389 e. The summed E-state index contributed by atoms with van der Waals surface area (Å²) in [5.41, 5.74) is 8.26.